The number of H-pyrrole nitrogens is 1. The molecule has 4 aromatic rings. The largest absolute Gasteiger partial charge is 0.378 e. The molecule has 33 heavy (non-hydrogen) atoms. The molecule has 0 unspecified atom stereocenters. The predicted molar refractivity (Wildman–Crippen MR) is 126 cm³/mol. The highest BCUT2D eigenvalue weighted by Gasteiger charge is 2.32. The number of nitrogens with one attached hydrogen (secondary N) is 2. The van der Waals surface area contributed by atoms with E-state index in [1.54, 1.807) is 11.6 Å². The third-order valence-corrected chi connectivity index (χ3v) is 6.67. The zero-order valence-corrected chi connectivity index (χ0v) is 19.5. The smallest absolute Gasteiger partial charge is 0.275 e. The van der Waals surface area contributed by atoms with Crippen molar-refractivity contribution < 1.29 is 9.53 Å². The molecule has 0 bridgehead atoms. The fourth-order valence-corrected chi connectivity index (χ4v) is 4.99. The number of aromatic amines is 1. The summed E-state index contributed by atoms with van der Waals surface area (Å²) in [5.74, 6) is -0.283. The van der Waals surface area contributed by atoms with Gasteiger partial charge in [-0.2, -0.15) is 10.2 Å². The van der Waals surface area contributed by atoms with E-state index < -0.39 is 0 Å². The van der Waals surface area contributed by atoms with Gasteiger partial charge < -0.3 is 10.1 Å². The van der Waals surface area contributed by atoms with Gasteiger partial charge in [-0.15, -0.1) is 11.3 Å². The van der Waals surface area contributed by atoms with E-state index in [1.807, 2.05) is 49.8 Å². The van der Waals surface area contributed by atoms with Crippen LogP contribution in [0.4, 0.5) is 5.69 Å². The van der Waals surface area contributed by atoms with Gasteiger partial charge in [-0.1, -0.05) is 6.07 Å². The van der Waals surface area contributed by atoms with E-state index in [-0.39, 0.29) is 18.1 Å². The summed E-state index contributed by atoms with van der Waals surface area (Å²) in [4.78, 5) is 22.1. The Hall–Kier alpha value is -3.37. The summed E-state index contributed by atoms with van der Waals surface area (Å²) >= 11 is 1.42. The fraction of sp³-hybridized carbons (Fsp3) is 0.348. The summed E-state index contributed by atoms with van der Waals surface area (Å²) < 4.78 is 7.60. The Bertz CT molecular complexity index is 1250. The first-order chi connectivity index (χ1) is 16.0. The summed E-state index contributed by atoms with van der Waals surface area (Å²) in [6, 6.07) is 5.89. The van der Waals surface area contributed by atoms with Gasteiger partial charge in [-0.3, -0.25) is 19.6 Å². The van der Waals surface area contributed by atoms with Crippen LogP contribution in [-0.2, 0) is 4.74 Å². The first kappa shape index (κ1) is 21.5. The number of rotatable bonds is 7. The maximum absolute atomic E-state index is 13.1. The highest BCUT2D eigenvalue weighted by molar-refractivity contribution is 7.13. The van der Waals surface area contributed by atoms with Gasteiger partial charge in [0.05, 0.1) is 34.8 Å². The molecule has 170 valence electrons. The minimum absolute atomic E-state index is 0.243. The SMILES string of the molecule is CCO[C@H]1C[C@@H](n2cc(NC(=O)c3csc(-c4c(C)n[nH]c4C)n3)c(-c3ccccn3)n2)C1. The van der Waals surface area contributed by atoms with Crippen LogP contribution in [0, 0.1) is 13.8 Å². The van der Waals surface area contributed by atoms with Crippen molar-refractivity contribution in [2.24, 2.45) is 0 Å². The molecule has 1 saturated carbocycles. The Morgan fingerprint density at radius 2 is 2.18 bits per heavy atom. The van der Waals surface area contributed by atoms with Crippen LogP contribution in [0.15, 0.2) is 36.0 Å². The number of carbonyl (C=O) groups is 1. The van der Waals surface area contributed by atoms with Gasteiger partial charge in [-0.25, -0.2) is 4.98 Å². The quantitative estimate of drug-likeness (QED) is 0.420. The molecule has 4 aromatic heterocycles. The lowest BCUT2D eigenvalue weighted by molar-refractivity contribution is -0.0226. The van der Waals surface area contributed by atoms with Crippen LogP contribution in [-0.4, -0.2) is 48.6 Å². The van der Waals surface area contributed by atoms with Crippen LogP contribution < -0.4 is 5.32 Å². The second-order valence-corrected chi connectivity index (χ2v) is 8.95. The van der Waals surface area contributed by atoms with Crippen molar-refractivity contribution >= 4 is 22.9 Å². The standard InChI is InChI=1S/C23H25N7O2S/c1-4-32-16-9-15(10-16)30-11-18(21(29-30)17-7-5-6-8-24-17)25-22(31)19-12-33-23(26-19)20-13(2)27-28-14(20)3/h5-8,11-12,15-16H,4,9-10H2,1-3H3,(H,25,31)(H,27,28)/t15-,16+. The second kappa shape index (κ2) is 8.87. The molecule has 1 aliphatic carbocycles. The number of nitrogens with zero attached hydrogens (tertiary/aromatic N) is 5. The summed E-state index contributed by atoms with van der Waals surface area (Å²) in [6.07, 6.45) is 5.68. The van der Waals surface area contributed by atoms with E-state index >= 15 is 0 Å². The van der Waals surface area contributed by atoms with E-state index in [1.165, 1.54) is 11.3 Å². The minimum atomic E-state index is -0.283. The molecule has 1 aliphatic rings. The van der Waals surface area contributed by atoms with Crippen LogP contribution in [0.2, 0.25) is 0 Å². The van der Waals surface area contributed by atoms with Gasteiger partial charge >= 0.3 is 0 Å². The highest BCUT2D eigenvalue weighted by Crippen LogP contribution is 2.37. The molecule has 0 atom stereocenters. The van der Waals surface area contributed by atoms with Gasteiger partial charge in [-0.05, 0) is 45.7 Å². The Labute approximate surface area is 195 Å². The van der Waals surface area contributed by atoms with Crippen LogP contribution in [0.3, 0.4) is 0 Å². The molecule has 0 saturated heterocycles. The van der Waals surface area contributed by atoms with Gasteiger partial charge in [0.2, 0.25) is 0 Å². The minimum Gasteiger partial charge on any atom is -0.378 e. The van der Waals surface area contributed by atoms with E-state index in [4.69, 9.17) is 9.84 Å². The summed E-state index contributed by atoms with van der Waals surface area (Å²) in [5, 5.41) is 17.5. The van der Waals surface area contributed by atoms with Crippen molar-refractivity contribution in [3.63, 3.8) is 0 Å². The topological polar surface area (TPSA) is 111 Å². The fourth-order valence-electron chi connectivity index (χ4n) is 4.03. The molecule has 4 heterocycles. The normalized spacial score (nSPS) is 17.7. The Kier molecular flexibility index (Phi) is 5.77. The van der Waals surface area contributed by atoms with Crippen LogP contribution in [0.25, 0.3) is 22.0 Å². The second-order valence-electron chi connectivity index (χ2n) is 8.09. The van der Waals surface area contributed by atoms with Crippen molar-refractivity contribution in [1.29, 1.82) is 0 Å². The third-order valence-electron chi connectivity index (χ3n) is 5.81. The van der Waals surface area contributed by atoms with Crippen LogP contribution in [0.5, 0.6) is 0 Å². The number of amides is 1. The maximum Gasteiger partial charge on any atom is 0.275 e. The number of aromatic nitrogens is 6. The van der Waals surface area contributed by atoms with Gasteiger partial charge in [0.15, 0.2) is 0 Å². The molecular formula is C23H25N7O2S. The van der Waals surface area contributed by atoms with Crippen molar-refractivity contribution in [2.75, 3.05) is 11.9 Å². The molecule has 0 radical (unpaired) electrons. The van der Waals surface area contributed by atoms with Crippen molar-refractivity contribution in [2.45, 2.75) is 45.8 Å². The maximum atomic E-state index is 13.1. The number of carbonyl (C=O) groups excluding carboxylic acids is 1. The van der Waals surface area contributed by atoms with Crippen molar-refractivity contribution in [1.82, 2.24) is 29.9 Å². The van der Waals surface area contributed by atoms with Gasteiger partial charge in [0.25, 0.3) is 5.91 Å². The zero-order valence-electron chi connectivity index (χ0n) is 18.7. The zero-order chi connectivity index (χ0) is 22.9. The molecule has 9 nitrogen and oxygen atoms in total. The number of thiazole rings is 1. The molecule has 0 aromatic carbocycles. The molecule has 0 spiro atoms. The van der Waals surface area contributed by atoms with Gasteiger partial charge in [0, 0.05) is 30.1 Å². The van der Waals surface area contributed by atoms with E-state index in [0.29, 0.717) is 29.4 Å². The van der Waals surface area contributed by atoms with E-state index in [2.05, 4.69) is 25.5 Å². The lowest BCUT2D eigenvalue weighted by Crippen LogP contribution is -2.33. The Morgan fingerprint density at radius 3 is 2.88 bits per heavy atom. The number of pyridine rings is 1. The number of aryl methyl sites for hydroxylation is 2. The summed E-state index contributed by atoms with van der Waals surface area (Å²) in [6.45, 7) is 6.59. The van der Waals surface area contributed by atoms with Crippen LogP contribution in [0.1, 0.15) is 47.7 Å². The Morgan fingerprint density at radius 1 is 1.33 bits per heavy atom. The van der Waals surface area contributed by atoms with Crippen molar-refractivity contribution in [3.8, 4) is 22.0 Å². The molecular weight excluding hydrogens is 438 g/mol. The third kappa shape index (κ3) is 4.19. The average molecular weight is 464 g/mol. The molecule has 10 heteroatoms. The monoisotopic (exact) mass is 463 g/mol. The number of hydrogen-bond acceptors (Lipinski definition) is 7. The summed E-state index contributed by atoms with van der Waals surface area (Å²) in [5.41, 5.74) is 5.04. The molecule has 1 fully saturated rings. The Balaban J connectivity index is 1.40. The highest BCUT2D eigenvalue weighted by atomic mass is 32.1. The van der Waals surface area contributed by atoms with E-state index in [9.17, 15) is 4.79 Å². The first-order valence-corrected chi connectivity index (χ1v) is 11.8. The lowest BCUT2D eigenvalue weighted by atomic mass is 9.89. The summed E-state index contributed by atoms with van der Waals surface area (Å²) in [7, 11) is 0. The number of anilines is 1. The lowest BCUT2D eigenvalue weighted by Gasteiger charge is -2.34. The molecule has 1 amide bonds. The molecule has 0 aliphatic heterocycles. The van der Waals surface area contributed by atoms with Crippen molar-refractivity contribution in [3.05, 3.63) is 53.1 Å². The van der Waals surface area contributed by atoms with Gasteiger partial charge in [0.1, 0.15) is 16.4 Å². The molecule has 2 N–H and O–H groups in total. The average Bonchev–Trinajstić information content (AvgIpc) is 3.50. The van der Waals surface area contributed by atoms with Crippen LogP contribution >= 0.6 is 11.3 Å². The predicted octanol–water partition coefficient (Wildman–Crippen LogP) is 4.40. The van der Waals surface area contributed by atoms with E-state index in [0.717, 1.165) is 34.8 Å². The first-order valence-electron chi connectivity index (χ1n) is 10.9. The molecule has 5 rings (SSSR count). The number of ether oxygens (including phenoxy) is 1. The number of hydrogen-bond donors (Lipinski definition) is 2.